The summed E-state index contributed by atoms with van der Waals surface area (Å²) in [6.07, 6.45) is 1.61. The quantitative estimate of drug-likeness (QED) is 0.907. The van der Waals surface area contributed by atoms with Crippen LogP contribution >= 0.6 is 11.6 Å². The third-order valence-corrected chi connectivity index (χ3v) is 2.75. The van der Waals surface area contributed by atoms with Gasteiger partial charge in [0.15, 0.2) is 0 Å². The van der Waals surface area contributed by atoms with E-state index in [4.69, 9.17) is 11.6 Å². The summed E-state index contributed by atoms with van der Waals surface area (Å²) in [5, 5.41) is 0.735. The van der Waals surface area contributed by atoms with Crippen molar-refractivity contribution in [3.05, 3.63) is 62.8 Å². The highest BCUT2D eigenvalue weighted by molar-refractivity contribution is 6.30. The van der Waals surface area contributed by atoms with E-state index < -0.39 is 0 Å². The summed E-state index contributed by atoms with van der Waals surface area (Å²) >= 11 is 5.81. The van der Waals surface area contributed by atoms with Gasteiger partial charge in [0, 0.05) is 16.8 Å². The molecular weight excluding hydrogens is 236 g/mol. The third-order valence-electron chi connectivity index (χ3n) is 2.50. The van der Waals surface area contributed by atoms with E-state index >= 15 is 0 Å². The minimum Gasteiger partial charge on any atom is -0.311 e. The van der Waals surface area contributed by atoms with Crippen LogP contribution in [0.4, 0.5) is 0 Å². The molecule has 0 saturated heterocycles. The average molecular weight is 249 g/mol. The summed E-state index contributed by atoms with van der Waals surface area (Å²) in [7, 11) is 0. The molecule has 0 aliphatic heterocycles. The Morgan fingerprint density at radius 1 is 1.24 bits per heavy atom. The standard InChI is InChI=1S/C13H13ClN2O/c1-9-15-12(8-13(17)16-9)7-4-10-2-5-11(14)6-3-10/h2-3,5-6,8H,4,7H2,1H3,(H,15,16,17). The zero-order valence-electron chi connectivity index (χ0n) is 9.53. The second kappa shape index (κ2) is 5.15. The second-order valence-corrected chi connectivity index (χ2v) is 4.39. The first-order valence-electron chi connectivity index (χ1n) is 5.45. The van der Waals surface area contributed by atoms with Crippen LogP contribution in [0.1, 0.15) is 17.1 Å². The lowest BCUT2D eigenvalue weighted by Crippen LogP contribution is -2.11. The Morgan fingerprint density at radius 2 is 1.94 bits per heavy atom. The molecule has 0 radical (unpaired) electrons. The number of nitrogens with one attached hydrogen (secondary N) is 1. The van der Waals surface area contributed by atoms with Crippen LogP contribution in [0.3, 0.4) is 0 Å². The Balaban J connectivity index is 2.07. The molecule has 1 aromatic heterocycles. The van der Waals surface area contributed by atoms with E-state index in [1.807, 2.05) is 24.3 Å². The smallest absolute Gasteiger partial charge is 0.251 e. The summed E-state index contributed by atoms with van der Waals surface area (Å²) in [6.45, 7) is 1.78. The van der Waals surface area contributed by atoms with E-state index in [1.165, 1.54) is 5.56 Å². The Morgan fingerprint density at radius 3 is 2.59 bits per heavy atom. The van der Waals surface area contributed by atoms with E-state index in [1.54, 1.807) is 13.0 Å². The molecular formula is C13H13ClN2O. The lowest BCUT2D eigenvalue weighted by atomic mass is 10.1. The summed E-state index contributed by atoms with van der Waals surface area (Å²) in [5.41, 5.74) is 1.92. The number of hydrogen-bond acceptors (Lipinski definition) is 2. The highest BCUT2D eigenvalue weighted by atomic mass is 35.5. The molecule has 1 N–H and O–H groups in total. The maximum absolute atomic E-state index is 11.3. The summed E-state index contributed by atoms with van der Waals surface area (Å²) in [5.74, 6) is 0.656. The highest BCUT2D eigenvalue weighted by Gasteiger charge is 2.00. The van der Waals surface area contributed by atoms with Crippen molar-refractivity contribution in [2.24, 2.45) is 0 Å². The van der Waals surface area contributed by atoms with Gasteiger partial charge in [-0.15, -0.1) is 0 Å². The predicted octanol–water partition coefficient (Wildman–Crippen LogP) is 2.52. The highest BCUT2D eigenvalue weighted by Crippen LogP contribution is 2.11. The zero-order valence-corrected chi connectivity index (χ0v) is 10.3. The predicted molar refractivity (Wildman–Crippen MR) is 68.5 cm³/mol. The Bertz CT molecular complexity index is 560. The molecule has 2 aromatic rings. The van der Waals surface area contributed by atoms with Crippen LogP contribution in [0.2, 0.25) is 5.02 Å². The molecule has 1 heterocycles. The fourth-order valence-electron chi connectivity index (χ4n) is 1.69. The number of nitrogens with zero attached hydrogens (tertiary/aromatic N) is 1. The van der Waals surface area contributed by atoms with Crippen LogP contribution in [0.5, 0.6) is 0 Å². The maximum Gasteiger partial charge on any atom is 0.251 e. The molecule has 0 fully saturated rings. The molecule has 4 heteroatoms. The SMILES string of the molecule is Cc1nc(CCc2ccc(Cl)cc2)cc(=O)[nH]1. The van der Waals surface area contributed by atoms with E-state index in [2.05, 4.69) is 9.97 Å². The van der Waals surface area contributed by atoms with E-state index in [9.17, 15) is 4.79 Å². The van der Waals surface area contributed by atoms with Gasteiger partial charge in [-0.1, -0.05) is 23.7 Å². The van der Waals surface area contributed by atoms with Crippen LogP contribution in [0.25, 0.3) is 0 Å². The summed E-state index contributed by atoms with van der Waals surface area (Å²) < 4.78 is 0. The first kappa shape index (κ1) is 11.9. The topological polar surface area (TPSA) is 45.8 Å². The Kier molecular flexibility index (Phi) is 3.59. The van der Waals surface area contributed by atoms with Crippen molar-refractivity contribution >= 4 is 11.6 Å². The molecule has 0 atom stereocenters. The minimum absolute atomic E-state index is 0.0939. The molecule has 17 heavy (non-hydrogen) atoms. The van der Waals surface area contributed by atoms with Crippen molar-refractivity contribution in [3.8, 4) is 0 Å². The van der Waals surface area contributed by atoms with Gasteiger partial charge >= 0.3 is 0 Å². The lowest BCUT2D eigenvalue weighted by molar-refractivity contribution is 0.869. The molecule has 0 saturated carbocycles. The number of aromatic amines is 1. The normalized spacial score (nSPS) is 10.5. The van der Waals surface area contributed by atoms with Crippen LogP contribution in [0, 0.1) is 6.92 Å². The average Bonchev–Trinajstić information content (AvgIpc) is 2.27. The minimum atomic E-state index is -0.0939. The fraction of sp³-hybridized carbons (Fsp3) is 0.231. The molecule has 0 amide bonds. The Hall–Kier alpha value is -1.61. The summed E-state index contributed by atoms with van der Waals surface area (Å²) in [4.78, 5) is 18.2. The zero-order chi connectivity index (χ0) is 12.3. The first-order chi connectivity index (χ1) is 8.13. The number of benzene rings is 1. The number of aromatic nitrogens is 2. The van der Waals surface area contributed by atoms with Crippen molar-refractivity contribution in [2.75, 3.05) is 0 Å². The lowest BCUT2D eigenvalue weighted by Gasteiger charge is -2.02. The van der Waals surface area contributed by atoms with Crippen molar-refractivity contribution in [1.29, 1.82) is 0 Å². The van der Waals surface area contributed by atoms with E-state index in [0.717, 1.165) is 23.6 Å². The van der Waals surface area contributed by atoms with Crippen molar-refractivity contribution < 1.29 is 0 Å². The monoisotopic (exact) mass is 248 g/mol. The number of aryl methyl sites for hydroxylation is 3. The number of rotatable bonds is 3. The molecule has 88 valence electrons. The van der Waals surface area contributed by atoms with Crippen molar-refractivity contribution in [2.45, 2.75) is 19.8 Å². The van der Waals surface area contributed by atoms with Gasteiger partial charge < -0.3 is 4.98 Å². The van der Waals surface area contributed by atoms with Gasteiger partial charge in [-0.05, 0) is 37.5 Å². The van der Waals surface area contributed by atoms with Crippen molar-refractivity contribution in [1.82, 2.24) is 9.97 Å². The molecule has 0 aliphatic carbocycles. The van der Waals surface area contributed by atoms with Crippen LogP contribution < -0.4 is 5.56 Å². The second-order valence-electron chi connectivity index (χ2n) is 3.95. The van der Waals surface area contributed by atoms with Crippen LogP contribution in [0.15, 0.2) is 35.1 Å². The van der Waals surface area contributed by atoms with Crippen LogP contribution in [-0.2, 0) is 12.8 Å². The van der Waals surface area contributed by atoms with Gasteiger partial charge in [0.05, 0.1) is 0 Å². The van der Waals surface area contributed by atoms with E-state index in [0.29, 0.717) is 5.82 Å². The molecule has 0 bridgehead atoms. The van der Waals surface area contributed by atoms with Gasteiger partial charge in [0.25, 0.3) is 5.56 Å². The van der Waals surface area contributed by atoms with Gasteiger partial charge in [0.2, 0.25) is 0 Å². The largest absolute Gasteiger partial charge is 0.311 e. The molecule has 2 rings (SSSR count). The fourth-order valence-corrected chi connectivity index (χ4v) is 1.82. The third kappa shape index (κ3) is 3.43. The Labute approximate surface area is 104 Å². The maximum atomic E-state index is 11.3. The molecule has 0 spiro atoms. The van der Waals surface area contributed by atoms with Gasteiger partial charge in [-0.2, -0.15) is 0 Å². The van der Waals surface area contributed by atoms with Crippen molar-refractivity contribution in [3.63, 3.8) is 0 Å². The van der Waals surface area contributed by atoms with Crippen LogP contribution in [-0.4, -0.2) is 9.97 Å². The molecule has 0 aliphatic rings. The van der Waals surface area contributed by atoms with Gasteiger partial charge in [-0.3, -0.25) is 4.79 Å². The number of H-pyrrole nitrogens is 1. The van der Waals surface area contributed by atoms with Gasteiger partial charge in [0.1, 0.15) is 5.82 Å². The summed E-state index contributed by atoms with van der Waals surface area (Å²) in [6, 6.07) is 9.26. The van der Waals surface area contributed by atoms with E-state index in [-0.39, 0.29) is 5.56 Å². The molecule has 1 aromatic carbocycles. The molecule has 3 nitrogen and oxygen atoms in total. The first-order valence-corrected chi connectivity index (χ1v) is 5.82. The molecule has 0 unspecified atom stereocenters. The number of halogens is 1. The van der Waals surface area contributed by atoms with Gasteiger partial charge in [-0.25, -0.2) is 4.98 Å². The number of hydrogen-bond donors (Lipinski definition) is 1.